The van der Waals surface area contributed by atoms with Gasteiger partial charge in [0.25, 0.3) is 0 Å². The van der Waals surface area contributed by atoms with Crippen LogP contribution in [0.15, 0.2) is 24.3 Å². The van der Waals surface area contributed by atoms with Gasteiger partial charge in [-0.25, -0.2) is 0 Å². The van der Waals surface area contributed by atoms with E-state index in [1.165, 1.54) is 12.1 Å². The number of ether oxygens (including phenoxy) is 1. The molecule has 112 valence electrons. The van der Waals surface area contributed by atoms with Crippen LogP contribution in [-0.2, 0) is 10.9 Å². The van der Waals surface area contributed by atoms with Crippen molar-refractivity contribution in [1.82, 2.24) is 5.32 Å². The molecule has 1 saturated heterocycles. The monoisotopic (exact) mass is 287 g/mol. The molecule has 1 aliphatic rings. The molecule has 1 unspecified atom stereocenters. The molecular formula is C15H20F3NO. The van der Waals surface area contributed by atoms with E-state index in [4.69, 9.17) is 4.74 Å². The number of halogens is 3. The van der Waals surface area contributed by atoms with Crippen LogP contribution in [0.3, 0.4) is 0 Å². The molecule has 2 nitrogen and oxygen atoms in total. The summed E-state index contributed by atoms with van der Waals surface area (Å²) in [5.41, 5.74) is -0.0902. The van der Waals surface area contributed by atoms with Gasteiger partial charge in [-0.05, 0) is 30.5 Å². The van der Waals surface area contributed by atoms with Crippen molar-refractivity contribution in [3.63, 3.8) is 0 Å². The Morgan fingerprint density at radius 1 is 1.30 bits per heavy atom. The van der Waals surface area contributed by atoms with E-state index in [9.17, 15) is 13.2 Å². The number of alkyl halides is 3. The van der Waals surface area contributed by atoms with Gasteiger partial charge in [0.15, 0.2) is 0 Å². The fourth-order valence-electron chi connectivity index (χ4n) is 2.51. The van der Waals surface area contributed by atoms with Crippen molar-refractivity contribution in [1.29, 1.82) is 0 Å². The second-order valence-corrected chi connectivity index (χ2v) is 5.29. The predicted octanol–water partition coefficient (Wildman–Crippen LogP) is 3.93. The third-order valence-electron chi connectivity index (χ3n) is 4.16. The van der Waals surface area contributed by atoms with Gasteiger partial charge in [0.05, 0.1) is 18.3 Å². The van der Waals surface area contributed by atoms with Crippen LogP contribution in [0.5, 0.6) is 0 Å². The van der Waals surface area contributed by atoms with Gasteiger partial charge in [-0.3, -0.25) is 0 Å². The second-order valence-electron chi connectivity index (χ2n) is 5.29. The van der Waals surface area contributed by atoms with E-state index in [1.807, 2.05) is 0 Å². The quantitative estimate of drug-likeness (QED) is 0.909. The second kappa shape index (κ2) is 5.74. The van der Waals surface area contributed by atoms with Crippen LogP contribution in [0.4, 0.5) is 13.2 Å². The summed E-state index contributed by atoms with van der Waals surface area (Å²) in [6.45, 7) is 5.25. The van der Waals surface area contributed by atoms with Gasteiger partial charge in [-0.15, -0.1) is 0 Å². The third kappa shape index (κ3) is 3.15. The summed E-state index contributed by atoms with van der Waals surface area (Å²) in [5.74, 6) is 0. The van der Waals surface area contributed by atoms with Gasteiger partial charge in [-0.1, -0.05) is 26.0 Å². The standard InChI is InChI=1S/C15H20F3NO/c1-3-14(4-2)10-20-13(9-19-14)11-6-5-7-12(8-11)15(16,17)18/h5-8,13,19H,3-4,9-10H2,1-2H3. The van der Waals surface area contributed by atoms with Crippen LogP contribution < -0.4 is 5.32 Å². The average Bonchev–Trinajstić information content (AvgIpc) is 2.47. The molecule has 0 bridgehead atoms. The minimum Gasteiger partial charge on any atom is -0.370 e. The van der Waals surface area contributed by atoms with Crippen LogP contribution in [0.2, 0.25) is 0 Å². The van der Waals surface area contributed by atoms with Gasteiger partial charge in [0, 0.05) is 12.1 Å². The van der Waals surface area contributed by atoms with Crippen LogP contribution in [-0.4, -0.2) is 18.7 Å². The largest absolute Gasteiger partial charge is 0.416 e. The van der Waals surface area contributed by atoms with Crippen LogP contribution >= 0.6 is 0 Å². The fourth-order valence-corrected chi connectivity index (χ4v) is 2.51. The Balaban J connectivity index is 2.11. The van der Waals surface area contributed by atoms with Gasteiger partial charge in [0.2, 0.25) is 0 Å². The molecule has 5 heteroatoms. The average molecular weight is 287 g/mol. The first-order valence-electron chi connectivity index (χ1n) is 6.94. The minimum atomic E-state index is -4.31. The molecule has 1 aromatic rings. The summed E-state index contributed by atoms with van der Waals surface area (Å²) >= 11 is 0. The molecule has 0 amide bonds. The minimum absolute atomic E-state index is 0.0435. The molecule has 1 aliphatic heterocycles. The molecule has 0 saturated carbocycles. The van der Waals surface area contributed by atoms with Crippen molar-refractivity contribution < 1.29 is 17.9 Å². The zero-order chi connectivity index (χ0) is 14.8. The van der Waals surface area contributed by atoms with Gasteiger partial charge in [-0.2, -0.15) is 13.2 Å². The molecule has 1 heterocycles. The number of hydrogen-bond donors (Lipinski definition) is 1. The Morgan fingerprint density at radius 3 is 2.50 bits per heavy atom. The molecule has 1 atom stereocenters. The summed E-state index contributed by atoms with van der Waals surface area (Å²) in [4.78, 5) is 0. The zero-order valence-corrected chi connectivity index (χ0v) is 11.8. The number of benzene rings is 1. The molecular weight excluding hydrogens is 267 g/mol. The lowest BCUT2D eigenvalue weighted by atomic mass is 9.91. The summed E-state index contributed by atoms with van der Waals surface area (Å²) in [5, 5.41) is 3.43. The lowest BCUT2D eigenvalue weighted by Crippen LogP contribution is -2.54. The van der Waals surface area contributed by atoms with E-state index < -0.39 is 11.7 Å². The maximum Gasteiger partial charge on any atom is 0.416 e. The van der Waals surface area contributed by atoms with Crippen molar-refractivity contribution in [3.05, 3.63) is 35.4 Å². The number of hydrogen-bond acceptors (Lipinski definition) is 2. The molecule has 0 spiro atoms. The Labute approximate surface area is 117 Å². The molecule has 0 aromatic heterocycles. The first-order chi connectivity index (χ1) is 9.40. The highest BCUT2D eigenvalue weighted by molar-refractivity contribution is 5.28. The summed E-state index contributed by atoms with van der Waals surface area (Å²) < 4.78 is 43.9. The van der Waals surface area contributed by atoms with Gasteiger partial charge < -0.3 is 10.1 Å². The maximum absolute atomic E-state index is 12.7. The Kier molecular flexibility index (Phi) is 4.39. The molecule has 2 rings (SSSR count). The topological polar surface area (TPSA) is 21.3 Å². The Bertz CT molecular complexity index is 445. The van der Waals surface area contributed by atoms with E-state index in [1.54, 1.807) is 6.07 Å². The lowest BCUT2D eigenvalue weighted by molar-refractivity contribution is -0.137. The van der Waals surface area contributed by atoms with Crippen molar-refractivity contribution in [2.75, 3.05) is 13.2 Å². The SMILES string of the molecule is CCC1(CC)COC(c2cccc(C(F)(F)F)c2)CN1. The van der Waals surface area contributed by atoms with E-state index in [0.717, 1.165) is 18.9 Å². The first-order valence-corrected chi connectivity index (χ1v) is 6.94. The van der Waals surface area contributed by atoms with Crippen LogP contribution in [0.1, 0.15) is 43.9 Å². The highest BCUT2D eigenvalue weighted by Gasteiger charge is 2.34. The van der Waals surface area contributed by atoms with Gasteiger partial charge in [0.1, 0.15) is 0 Å². The maximum atomic E-state index is 12.7. The predicted molar refractivity (Wildman–Crippen MR) is 71.5 cm³/mol. The van der Waals surface area contributed by atoms with Crippen molar-refractivity contribution in [2.24, 2.45) is 0 Å². The van der Waals surface area contributed by atoms with Crippen molar-refractivity contribution in [3.8, 4) is 0 Å². The highest BCUT2D eigenvalue weighted by atomic mass is 19.4. The van der Waals surface area contributed by atoms with E-state index in [0.29, 0.717) is 18.7 Å². The van der Waals surface area contributed by atoms with E-state index >= 15 is 0 Å². The number of morpholine rings is 1. The zero-order valence-electron chi connectivity index (χ0n) is 11.8. The molecule has 1 aromatic carbocycles. The normalized spacial score (nSPS) is 22.8. The lowest BCUT2D eigenvalue weighted by Gasteiger charge is -2.40. The van der Waals surface area contributed by atoms with Crippen molar-refractivity contribution in [2.45, 2.75) is 44.5 Å². The molecule has 1 N–H and O–H groups in total. The fraction of sp³-hybridized carbons (Fsp3) is 0.600. The first kappa shape index (κ1) is 15.3. The summed E-state index contributed by atoms with van der Waals surface area (Å²) in [6, 6.07) is 5.38. The van der Waals surface area contributed by atoms with Crippen molar-refractivity contribution >= 4 is 0 Å². The Hall–Kier alpha value is -1.07. The summed E-state index contributed by atoms with van der Waals surface area (Å²) in [7, 11) is 0. The summed E-state index contributed by atoms with van der Waals surface area (Å²) in [6.07, 6.45) is -2.74. The molecule has 0 aliphatic carbocycles. The highest BCUT2D eigenvalue weighted by Crippen LogP contribution is 2.33. The van der Waals surface area contributed by atoms with Crippen LogP contribution in [0.25, 0.3) is 0 Å². The molecule has 20 heavy (non-hydrogen) atoms. The van der Waals surface area contributed by atoms with E-state index in [2.05, 4.69) is 19.2 Å². The van der Waals surface area contributed by atoms with E-state index in [-0.39, 0.29) is 11.6 Å². The molecule has 1 fully saturated rings. The molecule has 0 radical (unpaired) electrons. The number of rotatable bonds is 3. The smallest absolute Gasteiger partial charge is 0.370 e. The Morgan fingerprint density at radius 2 is 2.00 bits per heavy atom. The third-order valence-corrected chi connectivity index (χ3v) is 4.16. The van der Waals surface area contributed by atoms with Gasteiger partial charge >= 0.3 is 6.18 Å². The number of nitrogens with one attached hydrogen (secondary N) is 1. The van der Waals surface area contributed by atoms with Crippen LogP contribution in [0, 0.1) is 0 Å².